The van der Waals surface area contributed by atoms with Crippen LogP contribution in [0.1, 0.15) is 22.2 Å². The molecule has 0 aliphatic heterocycles. The first-order chi connectivity index (χ1) is 16.4. The van der Waals surface area contributed by atoms with E-state index in [0.29, 0.717) is 34.6 Å². The van der Waals surface area contributed by atoms with E-state index in [1.54, 1.807) is 29.7 Å². The molecular weight excluding hydrogens is 523 g/mol. The zero-order chi connectivity index (χ0) is 24.1. The highest BCUT2D eigenvalue weighted by molar-refractivity contribution is 9.10. The molecule has 34 heavy (non-hydrogen) atoms. The standard InChI is InChI=1S/C24H20BrFN4O3S/c1-16-27-28-24(30(16)20-10-8-19(26)9-11-20)34-23(14-29(31)32)21-13-18(25)7-12-22(21)33-15-17-5-3-2-4-6-17/h2-13,23H,14-15H2,1H3/t23-/m1/s1. The van der Waals surface area contributed by atoms with Crippen LogP contribution in [0.3, 0.4) is 0 Å². The molecule has 0 bridgehead atoms. The van der Waals surface area contributed by atoms with Gasteiger partial charge in [-0.15, -0.1) is 10.2 Å². The second-order valence-corrected chi connectivity index (χ2v) is 9.51. The molecule has 0 N–H and O–H groups in total. The van der Waals surface area contributed by atoms with Gasteiger partial charge in [0.15, 0.2) is 5.16 Å². The monoisotopic (exact) mass is 542 g/mol. The summed E-state index contributed by atoms with van der Waals surface area (Å²) in [5, 5.41) is 19.8. The molecule has 4 aromatic rings. The predicted molar refractivity (Wildman–Crippen MR) is 131 cm³/mol. The van der Waals surface area contributed by atoms with Crippen LogP contribution in [0.2, 0.25) is 0 Å². The number of nitro groups is 1. The quantitative estimate of drug-likeness (QED) is 0.143. The molecule has 0 saturated heterocycles. The van der Waals surface area contributed by atoms with E-state index in [0.717, 1.165) is 10.0 Å². The van der Waals surface area contributed by atoms with Crippen molar-refractivity contribution in [3.05, 3.63) is 110 Å². The third-order valence-corrected chi connectivity index (χ3v) is 6.65. The summed E-state index contributed by atoms with van der Waals surface area (Å²) in [5.41, 5.74) is 2.32. The van der Waals surface area contributed by atoms with Crippen LogP contribution in [0.4, 0.5) is 4.39 Å². The average molecular weight is 543 g/mol. The van der Waals surface area contributed by atoms with Crippen molar-refractivity contribution in [2.24, 2.45) is 0 Å². The van der Waals surface area contributed by atoms with Crippen LogP contribution in [0.15, 0.2) is 82.4 Å². The molecule has 1 atom stereocenters. The first-order valence-corrected chi connectivity index (χ1v) is 12.0. The Balaban J connectivity index is 1.68. The first kappa shape index (κ1) is 23.9. The second-order valence-electron chi connectivity index (χ2n) is 7.42. The van der Waals surface area contributed by atoms with Gasteiger partial charge in [-0.05, 0) is 55.0 Å². The van der Waals surface area contributed by atoms with Gasteiger partial charge in [-0.1, -0.05) is 58.0 Å². The summed E-state index contributed by atoms with van der Waals surface area (Å²) in [5.74, 6) is 0.781. The zero-order valence-corrected chi connectivity index (χ0v) is 20.5. The summed E-state index contributed by atoms with van der Waals surface area (Å²) < 4.78 is 22.0. The summed E-state index contributed by atoms with van der Waals surface area (Å²) >= 11 is 4.69. The van der Waals surface area contributed by atoms with Crippen LogP contribution < -0.4 is 4.74 Å². The lowest BCUT2D eigenvalue weighted by molar-refractivity contribution is -0.479. The third-order valence-electron chi connectivity index (χ3n) is 5.00. The lowest BCUT2D eigenvalue weighted by Gasteiger charge is -2.18. The minimum Gasteiger partial charge on any atom is -0.489 e. The second kappa shape index (κ2) is 10.8. The van der Waals surface area contributed by atoms with Crippen molar-refractivity contribution in [3.63, 3.8) is 0 Å². The number of rotatable bonds is 9. The molecular formula is C24H20BrFN4O3S. The lowest BCUT2D eigenvalue weighted by Crippen LogP contribution is -2.12. The summed E-state index contributed by atoms with van der Waals surface area (Å²) in [4.78, 5) is 11.2. The Morgan fingerprint density at radius 2 is 1.85 bits per heavy atom. The highest BCUT2D eigenvalue weighted by Crippen LogP contribution is 2.41. The van der Waals surface area contributed by atoms with E-state index in [9.17, 15) is 14.5 Å². The maximum atomic E-state index is 13.4. The van der Waals surface area contributed by atoms with Crippen LogP contribution in [-0.2, 0) is 6.61 Å². The number of aromatic nitrogens is 3. The number of thioether (sulfide) groups is 1. The van der Waals surface area contributed by atoms with Crippen LogP contribution in [-0.4, -0.2) is 26.2 Å². The summed E-state index contributed by atoms with van der Waals surface area (Å²) in [7, 11) is 0. The number of nitrogens with zero attached hydrogens (tertiary/aromatic N) is 4. The molecule has 4 rings (SSSR count). The Hall–Kier alpha value is -3.24. The van der Waals surface area contributed by atoms with Crippen molar-refractivity contribution in [2.75, 3.05) is 6.54 Å². The molecule has 7 nitrogen and oxygen atoms in total. The minimum absolute atomic E-state index is 0.330. The van der Waals surface area contributed by atoms with Gasteiger partial charge in [0.25, 0.3) is 0 Å². The largest absolute Gasteiger partial charge is 0.489 e. The number of hydrogen-bond acceptors (Lipinski definition) is 6. The van der Waals surface area contributed by atoms with Gasteiger partial charge in [0.2, 0.25) is 6.54 Å². The van der Waals surface area contributed by atoms with Crippen LogP contribution in [0, 0.1) is 22.9 Å². The van der Waals surface area contributed by atoms with E-state index in [4.69, 9.17) is 4.74 Å². The summed E-state index contributed by atoms with van der Waals surface area (Å²) in [6.07, 6.45) is 0. The van der Waals surface area contributed by atoms with Gasteiger partial charge < -0.3 is 4.74 Å². The SMILES string of the molecule is Cc1nnc(S[C@H](C[N+](=O)[O-])c2cc(Br)ccc2OCc2ccccc2)n1-c1ccc(F)cc1. The van der Waals surface area contributed by atoms with Crippen LogP contribution in [0.25, 0.3) is 5.69 Å². The fraction of sp³-hybridized carbons (Fsp3) is 0.167. The fourth-order valence-electron chi connectivity index (χ4n) is 3.41. The van der Waals surface area contributed by atoms with Crippen LogP contribution in [0.5, 0.6) is 5.75 Å². The Kier molecular flexibility index (Phi) is 7.59. The van der Waals surface area contributed by atoms with E-state index < -0.39 is 5.25 Å². The minimum atomic E-state index is -0.610. The molecule has 0 aliphatic carbocycles. The molecule has 1 aromatic heterocycles. The number of hydrogen-bond donors (Lipinski definition) is 0. The number of benzene rings is 3. The van der Waals surface area contributed by atoms with E-state index in [-0.39, 0.29) is 17.3 Å². The molecule has 0 amide bonds. The molecule has 0 saturated carbocycles. The lowest BCUT2D eigenvalue weighted by atomic mass is 10.1. The predicted octanol–water partition coefficient (Wildman–Crippen LogP) is 6.17. The molecule has 0 unspecified atom stereocenters. The topological polar surface area (TPSA) is 83.1 Å². The smallest absolute Gasteiger partial charge is 0.220 e. The fourth-order valence-corrected chi connectivity index (χ4v) is 4.98. The highest BCUT2D eigenvalue weighted by atomic mass is 79.9. The van der Waals surface area contributed by atoms with Crippen molar-refractivity contribution in [3.8, 4) is 11.4 Å². The Morgan fingerprint density at radius 1 is 1.12 bits per heavy atom. The van der Waals surface area contributed by atoms with E-state index in [1.165, 1.54) is 23.9 Å². The van der Waals surface area contributed by atoms with Crippen molar-refractivity contribution < 1.29 is 14.1 Å². The Labute approximate surface area is 208 Å². The molecule has 1 heterocycles. The third kappa shape index (κ3) is 5.81. The van der Waals surface area contributed by atoms with Crippen molar-refractivity contribution in [2.45, 2.75) is 23.9 Å². The first-order valence-electron chi connectivity index (χ1n) is 10.3. The van der Waals surface area contributed by atoms with Gasteiger partial charge in [-0.3, -0.25) is 14.7 Å². The molecule has 3 aromatic carbocycles. The Bertz CT molecular complexity index is 1290. The maximum absolute atomic E-state index is 13.4. The van der Waals surface area contributed by atoms with E-state index in [2.05, 4.69) is 26.1 Å². The summed E-state index contributed by atoms with van der Waals surface area (Å²) in [6.45, 7) is 1.75. The van der Waals surface area contributed by atoms with Crippen molar-refractivity contribution >= 4 is 27.7 Å². The van der Waals surface area contributed by atoms with Gasteiger partial charge in [0, 0.05) is 20.6 Å². The molecule has 0 aliphatic rings. The van der Waals surface area contributed by atoms with Crippen molar-refractivity contribution in [1.82, 2.24) is 14.8 Å². The zero-order valence-electron chi connectivity index (χ0n) is 18.1. The van der Waals surface area contributed by atoms with Gasteiger partial charge in [-0.2, -0.15) is 0 Å². The van der Waals surface area contributed by atoms with Gasteiger partial charge in [0.1, 0.15) is 29.2 Å². The van der Waals surface area contributed by atoms with Crippen molar-refractivity contribution in [1.29, 1.82) is 0 Å². The number of aryl methyl sites for hydroxylation is 1. The molecule has 10 heteroatoms. The normalized spacial score (nSPS) is 11.9. The highest BCUT2D eigenvalue weighted by Gasteiger charge is 2.27. The van der Waals surface area contributed by atoms with Gasteiger partial charge >= 0.3 is 0 Å². The van der Waals surface area contributed by atoms with Gasteiger partial charge in [-0.25, -0.2) is 4.39 Å². The molecule has 0 spiro atoms. The molecule has 174 valence electrons. The van der Waals surface area contributed by atoms with E-state index >= 15 is 0 Å². The van der Waals surface area contributed by atoms with E-state index in [1.807, 2.05) is 42.5 Å². The number of ether oxygens (including phenoxy) is 1. The molecule has 0 radical (unpaired) electrons. The maximum Gasteiger partial charge on any atom is 0.220 e. The number of halogens is 2. The average Bonchev–Trinajstić information content (AvgIpc) is 3.18. The summed E-state index contributed by atoms with van der Waals surface area (Å²) in [6, 6.07) is 21.1. The van der Waals surface area contributed by atoms with Crippen LogP contribution >= 0.6 is 27.7 Å². The van der Waals surface area contributed by atoms with Gasteiger partial charge in [0.05, 0.1) is 0 Å². The molecule has 0 fully saturated rings. The Morgan fingerprint density at radius 3 is 2.56 bits per heavy atom.